The Morgan fingerprint density at radius 1 is 1.13 bits per heavy atom. The minimum Gasteiger partial charge on any atom is -0.467 e. The van der Waals surface area contributed by atoms with Gasteiger partial charge in [0.1, 0.15) is 18.2 Å². The van der Waals surface area contributed by atoms with Crippen LogP contribution in [0.4, 0.5) is 9.59 Å². The highest BCUT2D eigenvalue weighted by Gasteiger charge is 2.47. The van der Waals surface area contributed by atoms with Crippen molar-refractivity contribution < 1.29 is 28.6 Å². The molecule has 2 bridgehead atoms. The Labute approximate surface area is 182 Å². The fourth-order valence-corrected chi connectivity index (χ4v) is 3.98. The number of piperazine rings is 1. The number of benzene rings is 1. The van der Waals surface area contributed by atoms with E-state index in [-0.39, 0.29) is 31.3 Å². The molecule has 0 radical (unpaired) electrons. The molecule has 3 rings (SSSR count). The van der Waals surface area contributed by atoms with Crippen molar-refractivity contribution in [3.05, 3.63) is 35.9 Å². The van der Waals surface area contributed by atoms with Gasteiger partial charge in [-0.3, -0.25) is 4.90 Å². The number of fused-ring (bicyclic) bond motifs is 2. The second-order valence-electron chi connectivity index (χ2n) is 8.91. The summed E-state index contributed by atoms with van der Waals surface area (Å²) in [5, 5.41) is 2.61. The molecule has 2 fully saturated rings. The van der Waals surface area contributed by atoms with Crippen molar-refractivity contribution >= 4 is 18.2 Å². The number of methoxy groups -OCH3 is 1. The van der Waals surface area contributed by atoms with E-state index in [1.54, 1.807) is 4.90 Å². The van der Waals surface area contributed by atoms with Gasteiger partial charge in [-0.25, -0.2) is 14.4 Å². The first kappa shape index (κ1) is 22.9. The Balaban J connectivity index is 1.52. The Morgan fingerprint density at radius 2 is 1.84 bits per heavy atom. The van der Waals surface area contributed by atoms with Crippen LogP contribution >= 0.6 is 0 Å². The fourth-order valence-electron chi connectivity index (χ4n) is 3.98. The highest BCUT2D eigenvalue weighted by atomic mass is 16.6. The SMILES string of the molecule is COC(=O)[C@H](CN1C[C@@H]2C[C@H]1CN2C(=O)OC(C)(C)C)NC(=O)OCc1ccccc1. The molecule has 2 amide bonds. The van der Waals surface area contributed by atoms with Crippen LogP contribution in [0, 0.1) is 0 Å². The number of ether oxygens (including phenoxy) is 3. The largest absolute Gasteiger partial charge is 0.467 e. The van der Waals surface area contributed by atoms with E-state index in [1.807, 2.05) is 51.1 Å². The van der Waals surface area contributed by atoms with Crippen LogP contribution in [0.5, 0.6) is 0 Å². The van der Waals surface area contributed by atoms with Crippen LogP contribution in [-0.4, -0.2) is 78.4 Å². The van der Waals surface area contributed by atoms with E-state index in [0.29, 0.717) is 13.1 Å². The average molecular weight is 434 g/mol. The van der Waals surface area contributed by atoms with E-state index in [0.717, 1.165) is 12.0 Å². The van der Waals surface area contributed by atoms with Gasteiger partial charge in [-0.1, -0.05) is 30.3 Å². The average Bonchev–Trinajstić information content (AvgIpc) is 3.31. The molecule has 1 aromatic rings. The van der Waals surface area contributed by atoms with Crippen LogP contribution in [0.1, 0.15) is 32.8 Å². The number of hydrogen-bond acceptors (Lipinski definition) is 7. The number of nitrogens with one attached hydrogen (secondary N) is 1. The number of rotatable bonds is 6. The maximum Gasteiger partial charge on any atom is 0.410 e. The van der Waals surface area contributed by atoms with Crippen LogP contribution in [-0.2, 0) is 25.6 Å². The standard InChI is InChI=1S/C22H31N3O6/c1-22(2,3)31-21(28)25-12-16-10-17(25)11-24(16)13-18(19(26)29-4)23-20(27)30-14-15-8-6-5-7-9-15/h5-9,16-18H,10-14H2,1-4H3,(H,23,27)/t16-,17-,18-/m0/s1. The van der Waals surface area contributed by atoms with Crippen LogP contribution in [0.3, 0.4) is 0 Å². The summed E-state index contributed by atoms with van der Waals surface area (Å²) in [6, 6.07) is 8.57. The molecule has 0 saturated carbocycles. The number of amides is 2. The molecule has 0 aromatic heterocycles. The van der Waals surface area contributed by atoms with Gasteiger partial charge >= 0.3 is 18.2 Å². The van der Waals surface area contributed by atoms with Crippen LogP contribution in [0.15, 0.2) is 30.3 Å². The lowest BCUT2D eigenvalue weighted by molar-refractivity contribution is -0.143. The molecule has 1 N–H and O–H groups in total. The zero-order valence-corrected chi connectivity index (χ0v) is 18.5. The lowest BCUT2D eigenvalue weighted by Gasteiger charge is -2.36. The van der Waals surface area contributed by atoms with Crippen molar-refractivity contribution in [2.45, 2.75) is 57.5 Å². The monoisotopic (exact) mass is 433 g/mol. The molecule has 0 aliphatic carbocycles. The van der Waals surface area contributed by atoms with Gasteiger partial charge in [-0.2, -0.15) is 0 Å². The van der Waals surface area contributed by atoms with Gasteiger partial charge < -0.3 is 24.4 Å². The van der Waals surface area contributed by atoms with Crippen molar-refractivity contribution in [3.63, 3.8) is 0 Å². The zero-order chi connectivity index (χ0) is 22.6. The molecule has 3 atom stereocenters. The molecule has 2 aliphatic rings. The topological polar surface area (TPSA) is 97.4 Å². The van der Waals surface area contributed by atoms with Crippen LogP contribution in [0.25, 0.3) is 0 Å². The first-order valence-corrected chi connectivity index (χ1v) is 10.4. The minimum atomic E-state index is -0.859. The summed E-state index contributed by atoms with van der Waals surface area (Å²) < 4.78 is 15.6. The highest BCUT2D eigenvalue weighted by Crippen LogP contribution is 2.32. The van der Waals surface area contributed by atoms with Crippen LogP contribution in [0.2, 0.25) is 0 Å². The minimum absolute atomic E-state index is 0.0307. The number of likely N-dealkylation sites (tertiary alicyclic amines) is 2. The first-order valence-electron chi connectivity index (χ1n) is 10.4. The van der Waals surface area contributed by atoms with Gasteiger partial charge in [0.15, 0.2) is 0 Å². The van der Waals surface area contributed by atoms with Crippen molar-refractivity contribution in [2.24, 2.45) is 0 Å². The first-order chi connectivity index (χ1) is 14.7. The lowest BCUT2D eigenvalue weighted by Crippen LogP contribution is -2.55. The molecule has 9 nitrogen and oxygen atoms in total. The third kappa shape index (κ3) is 6.10. The van der Waals surface area contributed by atoms with E-state index in [4.69, 9.17) is 14.2 Å². The smallest absolute Gasteiger partial charge is 0.410 e. The molecule has 31 heavy (non-hydrogen) atoms. The molecule has 0 unspecified atom stereocenters. The molecule has 9 heteroatoms. The van der Waals surface area contributed by atoms with Gasteiger partial charge in [0.05, 0.1) is 7.11 Å². The summed E-state index contributed by atoms with van der Waals surface area (Å²) in [4.78, 5) is 40.7. The third-order valence-corrected chi connectivity index (χ3v) is 5.39. The summed E-state index contributed by atoms with van der Waals surface area (Å²) in [5.41, 5.74) is 0.310. The number of esters is 1. The molecule has 2 heterocycles. The van der Waals surface area contributed by atoms with E-state index in [1.165, 1.54) is 7.11 Å². The maximum absolute atomic E-state index is 12.4. The Bertz CT molecular complexity index is 794. The Morgan fingerprint density at radius 3 is 2.42 bits per heavy atom. The number of carbonyl (C=O) groups excluding carboxylic acids is 3. The summed E-state index contributed by atoms with van der Waals surface area (Å²) >= 11 is 0. The maximum atomic E-state index is 12.4. The zero-order valence-electron chi connectivity index (χ0n) is 18.5. The van der Waals surface area contributed by atoms with Crippen molar-refractivity contribution in [3.8, 4) is 0 Å². The van der Waals surface area contributed by atoms with Gasteiger partial charge in [0.25, 0.3) is 0 Å². The van der Waals surface area contributed by atoms with E-state index in [9.17, 15) is 14.4 Å². The van der Waals surface area contributed by atoms with Crippen molar-refractivity contribution in [1.29, 1.82) is 0 Å². The molecule has 1 aromatic carbocycles. The Hall–Kier alpha value is -2.81. The van der Waals surface area contributed by atoms with E-state index >= 15 is 0 Å². The molecule has 2 aliphatic heterocycles. The van der Waals surface area contributed by atoms with Gasteiger partial charge in [0.2, 0.25) is 0 Å². The highest BCUT2D eigenvalue weighted by molar-refractivity contribution is 5.81. The van der Waals surface area contributed by atoms with E-state index in [2.05, 4.69) is 10.2 Å². The van der Waals surface area contributed by atoms with E-state index < -0.39 is 23.7 Å². The van der Waals surface area contributed by atoms with Crippen molar-refractivity contribution in [1.82, 2.24) is 15.1 Å². The number of hydrogen-bond donors (Lipinski definition) is 1. The number of nitrogens with zero attached hydrogens (tertiary/aromatic N) is 2. The molecular formula is C22H31N3O6. The molecular weight excluding hydrogens is 402 g/mol. The second-order valence-corrected chi connectivity index (χ2v) is 8.91. The lowest BCUT2D eigenvalue weighted by atomic mass is 10.2. The number of carbonyl (C=O) groups is 3. The summed E-state index contributed by atoms with van der Waals surface area (Å²) in [6.07, 6.45) is -0.184. The number of alkyl carbamates (subject to hydrolysis) is 1. The molecule has 0 spiro atoms. The predicted molar refractivity (Wildman–Crippen MR) is 112 cm³/mol. The fraction of sp³-hybridized carbons (Fsp3) is 0.591. The van der Waals surface area contributed by atoms with Gasteiger partial charge in [0, 0.05) is 31.7 Å². The molecule has 2 saturated heterocycles. The third-order valence-electron chi connectivity index (χ3n) is 5.39. The molecule has 170 valence electrons. The quantitative estimate of drug-likeness (QED) is 0.542. The summed E-state index contributed by atoms with van der Waals surface area (Å²) in [5.74, 6) is -0.538. The second kappa shape index (κ2) is 9.55. The summed E-state index contributed by atoms with van der Waals surface area (Å²) in [6.45, 7) is 7.07. The van der Waals surface area contributed by atoms with Gasteiger partial charge in [-0.05, 0) is 32.8 Å². The Kier molecular flexibility index (Phi) is 7.04. The van der Waals surface area contributed by atoms with Crippen LogP contribution < -0.4 is 5.32 Å². The predicted octanol–water partition coefficient (Wildman–Crippen LogP) is 2.15. The summed E-state index contributed by atoms with van der Waals surface area (Å²) in [7, 11) is 1.28. The van der Waals surface area contributed by atoms with Gasteiger partial charge in [-0.15, -0.1) is 0 Å². The normalized spacial score (nSPS) is 21.5. The van der Waals surface area contributed by atoms with Crippen molar-refractivity contribution in [2.75, 3.05) is 26.7 Å².